The maximum absolute atomic E-state index is 12.5. The highest BCUT2D eigenvalue weighted by Crippen LogP contribution is 2.38. The molecular weight excluding hydrogens is 237 g/mol. The van der Waals surface area contributed by atoms with Gasteiger partial charge < -0.3 is 15.4 Å². The van der Waals surface area contributed by atoms with Crippen LogP contribution in [0.5, 0.6) is 5.75 Å². The Hall–Kier alpha value is -2.18. The number of hydrogen-bond donors (Lipinski definition) is 2. The number of phenolic OH excluding ortho intramolecular Hbond substituents is 1. The lowest BCUT2D eigenvalue weighted by Gasteiger charge is -2.10. The minimum Gasteiger partial charge on any atom is -0.507 e. The molecule has 0 radical (unpaired) electrons. The topological polar surface area (TPSA) is 72.3 Å². The molecule has 1 aromatic heterocycles. The van der Waals surface area contributed by atoms with Crippen LogP contribution in [0.4, 0.5) is 19.1 Å². The second-order valence-electron chi connectivity index (χ2n) is 3.33. The van der Waals surface area contributed by atoms with Crippen LogP contribution in [0.15, 0.2) is 28.9 Å². The minimum absolute atomic E-state index is 0.0798. The van der Waals surface area contributed by atoms with Crippen molar-refractivity contribution in [3.05, 3.63) is 30.0 Å². The summed E-state index contributed by atoms with van der Waals surface area (Å²) in [7, 11) is 0. The monoisotopic (exact) mass is 244 g/mol. The lowest BCUT2D eigenvalue weighted by molar-refractivity contribution is -0.138. The van der Waals surface area contributed by atoms with Gasteiger partial charge in [-0.2, -0.15) is 13.2 Å². The van der Waals surface area contributed by atoms with Crippen molar-refractivity contribution < 1.29 is 22.8 Å². The highest BCUT2D eigenvalue weighted by Gasteiger charge is 2.34. The van der Waals surface area contributed by atoms with Gasteiger partial charge in [0.05, 0.1) is 17.3 Å². The SMILES string of the molecule is Nc1oncc1-c1ccc(O)c(C(F)(F)F)c1. The second kappa shape index (κ2) is 3.69. The molecule has 0 unspecified atom stereocenters. The summed E-state index contributed by atoms with van der Waals surface area (Å²) < 4.78 is 42.2. The first-order chi connectivity index (χ1) is 7.89. The van der Waals surface area contributed by atoms with Crippen molar-refractivity contribution in [2.45, 2.75) is 6.18 Å². The number of hydrogen-bond acceptors (Lipinski definition) is 4. The van der Waals surface area contributed by atoms with Gasteiger partial charge in [-0.15, -0.1) is 0 Å². The fourth-order valence-electron chi connectivity index (χ4n) is 1.40. The van der Waals surface area contributed by atoms with Crippen LogP contribution in [0.25, 0.3) is 11.1 Å². The van der Waals surface area contributed by atoms with Crippen LogP contribution < -0.4 is 5.73 Å². The van der Waals surface area contributed by atoms with Crippen molar-refractivity contribution in [3.63, 3.8) is 0 Å². The Kier molecular flexibility index (Phi) is 2.45. The van der Waals surface area contributed by atoms with Crippen molar-refractivity contribution in [1.82, 2.24) is 5.16 Å². The van der Waals surface area contributed by atoms with Crippen molar-refractivity contribution in [2.75, 3.05) is 5.73 Å². The van der Waals surface area contributed by atoms with Gasteiger partial charge in [0.15, 0.2) is 0 Å². The third kappa shape index (κ3) is 2.03. The largest absolute Gasteiger partial charge is 0.507 e. The van der Waals surface area contributed by atoms with Crippen molar-refractivity contribution in [1.29, 1.82) is 0 Å². The number of aromatic hydroxyl groups is 1. The normalized spacial score (nSPS) is 11.7. The van der Waals surface area contributed by atoms with E-state index in [1.54, 1.807) is 0 Å². The molecule has 2 aromatic rings. The van der Waals surface area contributed by atoms with Gasteiger partial charge in [0.1, 0.15) is 5.75 Å². The van der Waals surface area contributed by atoms with E-state index >= 15 is 0 Å². The summed E-state index contributed by atoms with van der Waals surface area (Å²) in [6.45, 7) is 0. The summed E-state index contributed by atoms with van der Waals surface area (Å²) in [5, 5.41) is 12.5. The zero-order valence-corrected chi connectivity index (χ0v) is 8.32. The quantitative estimate of drug-likeness (QED) is 0.808. The lowest BCUT2D eigenvalue weighted by Crippen LogP contribution is -2.05. The van der Waals surface area contributed by atoms with Crippen LogP contribution in [-0.2, 0) is 6.18 Å². The van der Waals surface area contributed by atoms with E-state index < -0.39 is 17.5 Å². The number of nitrogen functional groups attached to an aromatic ring is 1. The Morgan fingerprint density at radius 1 is 1.29 bits per heavy atom. The zero-order chi connectivity index (χ0) is 12.6. The third-order valence-corrected chi connectivity index (χ3v) is 2.21. The third-order valence-electron chi connectivity index (χ3n) is 2.21. The molecule has 0 amide bonds. The molecule has 7 heteroatoms. The molecule has 0 aliphatic rings. The number of aromatic nitrogens is 1. The van der Waals surface area contributed by atoms with Gasteiger partial charge in [0, 0.05) is 0 Å². The Morgan fingerprint density at radius 3 is 2.53 bits per heavy atom. The number of anilines is 1. The van der Waals surface area contributed by atoms with Crippen molar-refractivity contribution in [2.24, 2.45) is 0 Å². The summed E-state index contributed by atoms with van der Waals surface area (Å²) in [5.41, 5.74) is 4.69. The summed E-state index contributed by atoms with van der Waals surface area (Å²) in [4.78, 5) is 0. The Morgan fingerprint density at radius 2 is 2.00 bits per heavy atom. The van der Waals surface area contributed by atoms with Gasteiger partial charge in [-0.1, -0.05) is 11.2 Å². The molecule has 0 fully saturated rings. The molecule has 0 spiro atoms. The molecule has 0 saturated carbocycles. The van der Waals surface area contributed by atoms with E-state index in [9.17, 15) is 13.2 Å². The number of nitrogens with two attached hydrogens (primary N) is 1. The molecule has 1 aromatic carbocycles. The van der Waals surface area contributed by atoms with E-state index in [1.807, 2.05) is 0 Å². The molecule has 3 N–H and O–H groups in total. The van der Waals surface area contributed by atoms with Gasteiger partial charge in [-0.05, 0) is 17.7 Å². The fraction of sp³-hybridized carbons (Fsp3) is 0.100. The molecule has 90 valence electrons. The highest BCUT2D eigenvalue weighted by molar-refractivity contribution is 5.73. The smallest absolute Gasteiger partial charge is 0.419 e. The van der Waals surface area contributed by atoms with Crippen LogP contribution in [0.1, 0.15) is 5.56 Å². The van der Waals surface area contributed by atoms with E-state index in [4.69, 9.17) is 10.8 Å². The second-order valence-corrected chi connectivity index (χ2v) is 3.33. The molecule has 2 rings (SSSR count). The molecule has 4 nitrogen and oxygen atoms in total. The fourth-order valence-corrected chi connectivity index (χ4v) is 1.40. The van der Waals surface area contributed by atoms with E-state index in [0.29, 0.717) is 0 Å². The van der Waals surface area contributed by atoms with E-state index in [0.717, 1.165) is 12.1 Å². The summed E-state index contributed by atoms with van der Waals surface area (Å²) in [5.74, 6) is -0.917. The average Bonchev–Trinajstić information content (AvgIpc) is 2.63. The molecule has 0 aliphatic heterocycles. The standard InChI is InChI=1S/C10H7F3N2O2/c11-10(12,13)7-3-5(1-2-8(7)16)6-4-15-17-9(6)14/h1-4,16H,14H2. The van der Waals surface area contributed by atoms with Crippen LogP contribution in [0, 0.1) is 0 Å². The van der Waals surface area contributed by atoms with Gasteiger partial charge in [-0.25, -0.2) is 0 Å². The van der Waals surface area contributed by atoms with Gasteiger partial charge in [-0.3, -0.25) is 0 Å². The highest BCUT2D eigenvalue weighted by atomic mass is 19.4. The van der Waals surface area contributed by atoms with E-state index in [-0.39, 0.29) is 17.0 Å². The van der Waals surface area contributed by atoms with Crippen molar-refractivity contribution in [3.8, 4) is 16.9 Å². The molecule has 0 saturated heterocycles. The number of halogens is 3. The Labute approximate surface area is 93.4 Å². The van der Waals surface area contributed by atoms with Crippen LogP contribution in [0.2, 0.25) is 0 Å². The first-order valence-corrected chi connectivity index (χ1v) is 4.50. The van der Waals surface area contributed by atoms with Crippen molar-refractivity contribution >= 4 is 5.88 Å². The number of alkyl halides is 3. The van der Waals surface area contributed by atoms with Crippen LogP contribution >= 0.6 is 0 Å². The van der Waals surface area contributed by atoms with Gasteiger partial charge in [0.2, 0.25) is 5.88 Å². The molecule has 0 atom stereocenters. The predicted molar refractivity (Wildman–Crippen MR) is 53.0 cm³/mol. The summed E-state index contributed by atoms with van der Waals surface area (Å²) >= 11 is 0. The number of nitrogens with zero attached hydrogens (tertiary/aromatic N) is 1. The van der Waals surface area contributed by atoms with E-state index in [2.05, 4.69) is 9.68 Å². The summed E-state index contributed by atoms with van der Waals surface area (Å²) in [6.07, 6.45) is -3.42. The summed E-state index contributed by atoms with van der Waals surface area (Å²) in [6, 6.07) is 3.04. The zero-order valence-electron chi connectivity index (χ0n) is 8.32. The van der Waals surface area contributed by atoms with E-state index in [1.165, 1.54) is 12.3 Å². The molecular formula is C10H7F3N2O2. The minimum atomic E-state index is -4.63. The Bertz CT molecular complexity index is 549. The lowest BCUT2D eigenvalue weighted by atomic mass is 10.0. The molecule has 17 heavy (non-hydrogen) atoms. The maximum atomic E-state index is 12.5. The number of phenols is 1. The first kappa shape index (κ1) is 11.3. The Balaban J connectivity index is 2.56. The van der Waals surface area contributed by atoms with Crippen LogP contribution in [0.3, 0.4) is 0 Å². The molecule has 1 heterocycles. The molecule has 0 aliphatic carbocycles. The predicted octanol–water partition coefficient (Wildman–Crippen LogP) is 2.65. The first-order valence-electron chi connectivity index (χ1n) is 4.50. The number of benzene rings is 1. The van der Waals surface area contributed by atoms with Gasteiger partial charge >= 0.3 is 6.18 Å². The maximum Gasteiger partial charge on any atom is 0.419 e. The van der Waals surface area contributed by atoms with Gasteiger partial charge in [0.25, 0.3) is 0 Å². The average molecular weight is 244 g/mol. The molecule has 0 bridgehead atoms. The van der Waals surface area contributed by atoms with Crippen LogP contribution in [-0.4, -0.2) is 10.3 Å². The number of rotatable bonds is 1.